The van der Waals surface area contributed by atoms with Crippen molar-refractivity contribution in [2.45, 2.75) is 181 Å². The normalized spacial score (nSPS) is 40.2. The highest BCUT2D eigenvalue weighted by atomic mass is 28.5. The molecule has 4 aliphatic rings. The summed E-state index contributed by atoms with van der Waals surface area (Å²) < 4.78 is 64.5. The van der Waals surface area contributed by atoms with Crippen molar-refractivity contribution in [2.75, 3.05) is 0 Å². The molecule has 0 amide bonds. The van der Waals surface area contributed by atoms with Crippen molar-refractivity contribution in [2.24, 2.45) is 29.1 Å². The predicted octanol–water partition coefficient (Wildman–Crippen LogP) is 6.55. The van der Waals surface area contributed by atoms with Crippen LogP contribution in [0.25, 0.3) is 0 Å². The van der Waals surface area contributed by atoms with Crippen molar-refractivity contribution >= 4 is 90.9 Å². The molecule has 2 aliphatic heterocycles. The molecule has 0 aromatic heterocycles. The lowest BCUT2D eigenvalue weighted by Gasteiger charge is -2.51. The lowest BCUT2D eigenvalue weighted by molar-refractivity contribution is -0.0351. The quantitative estimate of drug-likeness (QED) is 0.179. The van der Waals surface area contributed by atoms with Gasteiger partial charge in [0.15, 0.2) is 16.6 Å². The molecule has 312 valence electrons. The van der Waals surface area contributed by atoms with E-state index in [0.717, 1.165) is 24.9 Å². The van der Waals surface area contributed by atoms with E-state index in [1.54, 1.807) is 0 Å². The van der Waals surface area contributed by atoms with Crippen LogP contribution in [0.1, 0.15) is 78.1 Å². The molecule has 0 aromatic rings. The van der Waals surface area contributed by atoms with Crippen LogP contribution in [0.15, 0.2) is 0 Å². The Morgan fingerprint density at radius 3 is 1.09 bits per heavy atom. The summed E-state index contributed by atoms with van der Waals surface area (Å²) >= 11 is 0. The summed E-state index contributed by atoms with van der Waals surface area (Å²) in [4.78, 5) is 0. The highest BCUT2D eigenvalue weighted by molar-refractivity contribution is 6.74. The average Bonchev–Trinajstić information content (AvgIpc) is 2.99. The third-order valence-electron chi connectivity index (χ3n) is 11.9. The minimum atomic E-state index is -1.78. The van der Waals surface area contributed by atoms with Gasteiger partial charge >= 0.3 is 18.6 Å². The summed E-state index contributed by atoms with van der Waals surface area (Å²) in [6.45, 7) is 32.2. The summed E-state index contributed by atoms with van der Waals surface area (Å²) in [5, 5.41) is 0. The van der Waals surface area contributed by atoms with E-state index in [9.17, 15) is 0 Å². The Morgan fingerprint density at radius 1 is 0.491 bits per heavy atom. The zero-order valence-corrected chi connectivity index (χ0v) is 47.4. The van der Waals surface area contributed by atoms with Gasteiger partial charge in [-0.1, -0.05) is 26.7 Å². The summed E-state index contributed by atoms with van der Waals surface area (Å²) in [6, 6.07) is 2.10. The molecule has 4 rings (SSSR count). The van der Waals surface area contributed by atoms with Crippen LogP contribution in [0.4, 0.5) is 0 Å². The Balaban J connectivity index is 1.40. The summed E-state index contributed by atoms with van der Waals surface area (Å²) in [6.07, 6.45) is 12.9. The van der Waals surface area contributed by atoms with Gasteiger partial charge in [0, 0.05) is 12.2 Å². The fourth-order valence-electron chi connectivity index (χ4n) is 9.54. The molecule has 0 bridgehead atoms. The maximum absolute atomic E-state index is 6.96. The first-order chi connectivity index (χ1) is 24.7. The maximum atomic E-state index is 6.96. The molecule has 2 aliphatic carbocycles. The topological polar surface area (TPSA) is 92.3 Å². The fourth-order valence-corrected chi connectivity index (χ4v) is 37.4. The van der Waals surface area contributed by atoms with Gasteiger partial charge in [-0.2, -0.15) is 0 Å². The first-order valence-corrected chi connectivity index (χ1v) is 44.2. The average molecular weight is 918 g/mol. The van der Waals surface area contributed by atoms with E-state index in [2.05, 4.69) is 92.4 Å². The first-order valence-electron chi connectivity index (χ1n) is 21.3. The van der Waals surface area contributed by atoms with Crippen molar-refractivity contribution in [3.8, 4) is 0 Å². The summed E-state index contributed by atoms with van der Waals surface area (Å²) in [7, 11) is -16.8. The molecule has 10 nitrogen and oxygen atoms in total. The molecule has 10 atom stereocenters. The van der Waals surface area contributed by atoms with E-state index in [0.29, 0.717) is 35.9 Å². The number of hydrogen-bond donors (Lipinski definition) is 0. The van der Waals surface area contributed by atoms with Gasteiger partial charge in [-0.05, 0) is 171 Å². The second-order valence-corrected chi connectivity index (χ2v) is 46.4. The van der Waals surface area contributed by atoms with E-state index < -0.39 is 90.9 Å². The smallest absolute Gasteiger partial charge is 0.303 e. The molecule has 0 spiro atoms. The van der Waals surface area contributed by atoms with Crippen LogP contribution in [-0.2, 0) is 41.8 Å². The highest BCUT2D eigenvalue weighted by Crippen LogP contribution is 2.52. The van der Waals surface area contributed by atoms with E-state index in [4.69, 9.17) is 41.8 Å². The molecule has 10 unspecified atom stereocenters. The minimum Gasteiger partial charge on any atom is -0.420 e. The largest absolute Gasteiger partial charge is 0.420 e. The zero-order chi connectivity index (χ0) is 39.1. The molecule has 0 N–H and O–H groups in total. The second kappa shape index (κ2) is 21.3. The Bertz CT molecular complexity index is 982. The van der Waals surface area contributed by atoms with Crippen LogP contribution in [0.3, 0.4) is 0 Å². The maximum Gasteiger partial charge on any atom is 0.303 e. The Labute approximate surface area is 340 Å². The lowest BCUT2D eigenvalue weighted by atomic mass is 9.57. The van der Waals surface area contributed by atoms with Gasteiger partial charge in [-0.3, -0.25) is 0 Å². The predicted molar refractivity (Wildman–Crippen MR) is 241 cm³/mol. The molecule has 2 saturated carbocycles. The molecule has 20 heteroatoms. The van der Waals surface area contributed by atoms with Crippen molar-refractivity contribution in [3.05, 3.63) is 0 Å². The fraction of sp³-hybridized carbons (Fsp3) is 1.00. The molecule has 53 heavy (non-hydrogen) atoms. The van der Waals surface area contributed by atoms with E-state index in [1.165, 1.54) is 51.4 Å². The monoisotopic (exact) mass is 916 g/mol. The van der Waals surface area contributed by atoms with Crippen LogP contribution < -0.4 is 0 Å². The standard InChI is InChI=1S/C33H80O10Si10/c1-33(2,29-19-21-31(34-52(9,10)11)27(25-29)17-15-23-50-40-46(5)36-44(3)37-47(6)41-50)30-20-22-32(35-53(12,13)14)28(26-30)18-16-24-51-42-48(7)38-45(4)39-49(8)43-51/h27-32,44-51H,15-26H2,1-14H3. The Kier molecular flexibility index (Phi) is 19.1. The van der Waals surface area contributed by atoms with Crippen molar-refractivity contribution in [1.82, 2.24) is 0 Å². The summed E-state index contributed by atoms with van der Waals surface area (Å²) in [5.74, 6) is 2.61. The zero-order valence-electron chi connectivity index (χ0n) is 36.2. The van der Waals surface area contributed by atoms with E-state index >= 15 is 0 Å². The van der Waals surface area contributed by atoms with Crippen LogP contribution in [-0.4, -0.2) is 103 Å². The van der Waals surface area contributed by atoms with Gasteiger partial charge in [0.05, 0.1) is 0 Å². The SMILES string of the molecule is C[SiH]1O[SiH](C)O[SiH](CCCC2CC(C(C)(C)C3CCC(O[Si](C)(C)C)C(CCC[SiH]4O[SiH](C)O[SiH](C)O[SiH](C)O4)C3)CCC2O[Si](C)(C)C)O[SiH](C)O1. The Hall–Kier alpha value is 1.77. The van der Waals surface area contributed by atoms with Crippen LogP contribution >= 0.6 is 0 Å². The molecule has 2 saturated heterocycles. The number of rotatable bonds is 14. The third-order valence-corrected chi connectivity index (χ3v) is 38.9. The molecular formula is C33H80O10Si10. The number of hydrogen-bond acceptors (Lipinski definition) is 10. The molecule has 2 heterocycles. The Morgan fingerprint density at radius 2 is 0.792 bits per heavy atom. The second-order valence-electron chi connectivity index (χ2n) is 19.1. The van der Waals surface area contributed by atoms with Crippen LogP contribution in [0, 0.1) is 29.1 Å². The van der Waals surface area contributed by atoms with Crippen LogP contribution in [0.2, 0.25) is 90.7 Å². The highest BCUT2D eigenvalue weighted by Gasteiger charge is 2.46. The van der Waals surface area contributed by atoms with Crippen molar-refractivity contribution in [3.63, 3.8) is 0 Å². The summed E-state index contributed by atoms with van der Waals surface area (Å²) in [5.41, 5.74) is 0.278. The molecule has 4 fully saturated rings. The van der Waals surface area contributed by atoms with E-state index in [-0.39, 0.29) is 5.41 Å². The van der Waals surface area contributed by atoms with Gasteiger partial charge in [-0.15, -0.1) is 0 Å². The lowest BCUT2D eigenvalue weighted by Crippen LogP contribution is -2.47. The minimum absolute atomic E-state index is 0.278. The van der Waals surface area contributed by atoms with Gasteiger partial charge in [0.2, 0.25) is 0 Å². The van der Waals surface area contributed by atoms with Gasteiger partial charge in [0.1, 0.15) is 0 Å². The molecular weight excluding hydrogens is 837 g/mol. The molecule has 0 aromatic carbocycles. The van der Waals surface area contributed by atoms with Crippen molar-refractivity contribution < 1.29 is 41.8 Å². The first kappa shape index (κ1) is 47.4. The molecule has 0 radical (unpaired) electrons. The van der Waals surface area contributed by atoms with Gasteiger partial charge < -0.3 is 41.8 Å². The van der Waals surface area contributed by atoms with Gasteiger partial charge in [0.25, 0.3) is 55.7 Å². The van der Waals surface area contributed by atoms with Gasteiger partial charge in [-0.25, -0.2) is 0 Å². The van der Waals surface area contributed by atoms with Crippen LogP contribution in [0.5, 0.6) is 0 Å². The van der Waals surface area contributed by atoms with Crippen molar-refractivity contribution in [1.29, 1.82) is 0 Å². The van der Waals surface area contributed by atoms with E-state index in [1.807, 2.05) is 0 Å². The third kappa shape index (κ3) is 16.4.